The van der Waals surface area contributed by atoms with Crippen LogP contribution in [0.2, 0.25) is 0 Å². The summed E-state index contributed by atoms with van der Waals surface area (Å²) in [6.07, 6.45) is 4.55. The molecule has 1 aliphatic rings. The largest absolute Gasteiger partial charge is 0.305 e. The summed E-state index contributed by atoms with van der Waals surface area (Å²) in [4.78, 5) is 0. The van der Waals surface area contributed by atoms with E-state index < -0.39 is 0 Å². The van der Waals surface area contributed by atoms with Gasteiger partial charge in [-0.1, -0.05) is 26.8 Å². The van der Waals surface area contributed by atoms with Gasteiger partial charge in [0.25, 0.3) is 0 Å². The van der Waals surface area contributed by atoms with Crippen LogP contribution in [-0.4, -0.2) is 5.71 Å². The van der Waals surface area contributed by atoms with Crippen molar-refractivity contribution in [3.63, 3.8) is 0 Å². The second-order valence-electron chi connectivity index (χ2n) is 4.64. The fraction of sp³-hybridized carbons (Fsp3) is 0.727. The summed E-state index contributed by atoms with van der Waals surface area (Å²) >= 11 is 0. The Bertz CT molecular complexity index is 214. The van der Waals surface area contributed by atoms with E-state index in [1.165, 1.54) is 18.4 Å². The van der Waals surface area contributed by atoms with E-state index >= 15 is 0 Å². The van der Waals surface area contributed by atoms with E-state index in [4.69, 9.17) is 5.41 Å². The van der Waals surface area contributed by atoms with Gasteiger partial charge in [-0.3, -0.25) is 0 Å². The number of nitrogens with one attached hydrogen (secondary N) is 1. The van der Waals surface area contributed by atoms with Gasteiger partial charge in [0, 0.05) is 11.6 Å². The first kappa shape index (κ1) is 9.50. The third-order valence-electron chi connectivity index (χ3n) is 2.37. The molecule has 1 aliphatic carbocycles. The predicted octanol–water partition coefficient (Wildman–Crippen LogP) is 3.41. The van der Waals surface area contributed by atoms with Crippen molar-refractivity contribution < 1.29 is 0 Å². The Morgan fingerprint density at radius 3 is 2.08 bits per heavy atom. The summed E-state index contributed by atoms with van der Waals surface area (Å²) in [7, 11) is 0. The third-order valence-corrected chi connectivity index (χ3v) is 2.37. The minimum Gasteiger partial charge on any atom is -0.305 e. The van der Waals surface area contributed by atoms with E-state index in [-0.39, 0.29) is 5.41 Å². The van der Waals surface area contributed by atoms with Gasteiger partial charge in [0.2, 0.25) is 0 Å². The van der Waals surface area contributed by atoms with E-state index in [1.54, 1.807) is 0 Å². The van der Waals surface area contributed by atoms with Crippen LogP contribution in [0.1, 0.15) is 40.5 Å². The van der Waals surface area contributed by atoms with Gasteiger partial charge >= 0.3 is 0 Å². The minimum atomic E-state index is 0.147. The Balaban J connectivity index is 2.75. The van der Waals surface area contributed by atoms with Crippen molar-refractivity contribution in [1.82, 2.24) is 0 Å². The Kier molecular flexibility index (Phi) is 2.41. The molecule has 0 bridgehead atoms. The molecule has 0 aliphatic heterocycles. The predicted molar refractivity (Wildman–Crippen MR) is 53.7 cm³/mol. The molecule has 12 heavy (non-hydrogen) atoms. The van der Waals surface area contributed by atoms with E-state index in [2.05, 4.69) is 26.8 Å². The summed E-state index contributed by atoms with van der Waals surface area (Å²) in [5.74, 6) is 0.579. The van der Waals surface area contributed by atoms with Gasteiger partial charge in [0.05, 0.1) is 0 Å². The first-order chi connectivity index (χ1) is 5.46. The first-order valence-electron chi connectivity index (χ1n) is 4.72. The standard InChI is InChI=1S/C11H19N/c1-5-9(11(2,3)4)10(12)8-6-7-8/h5,8,12H,6-7H2,1-4H3/b9-5+,12-10?. The van der Waals surface area contributed by atoms with Crippen molar-refractivity contribution in [1.29, 1.82) is 5.41 Å². The van der Waals surface area contributed by atoms with Crippen LogP contribution >= 0.6 is 0 Å². The molecule has 0 unspecified atom stereocenters. The quantitative estimate of drug-likeness (QED) is 0.606. The highest BCUT2D eigenvalue weighted by molar-refractivity contribution is 6.01. The molecule has 0 aromatic carbocycles. The maximum atomic E-state index is 7.95. The molecule has 1 heteroatoms. The average molecular weight is 165 g/mol. The van der Waals surface area contributed by atoms with E-state index in [9.17, 15) is 0 Å². The van der Waals surface area contributed by atoms with Crippen molar-refractivity contribution in [3.8, 4) is 0 Å². The van der Waals surface area contributed by atoms with Crippen LogP contribution in [0.15, 0.2) is 11.6 Å². The molecule has 0 heterocycles. The fourth-order valence-corrected chi connectivity index (χ4v) is 1.58. The summed E-state index contributed by atoms with van der Waals surface area (Å²) in [5.41, 5.74) is 2.25. The number of hydrogen-bond acceptors (Lipinski definition) is 1. The highest BCUT2D eigenvalue weighted by Gasteiger charge is 2.32. The van der Waals surface area contributed by atoms with Crippen molar-refractivity contribution in [2.24, 2.45) is 11.3 Å². The summed E-state index contributed by atoms with van der Waals surface area (Å²) in [6.45, 7) is 8.58. The van der Waals surface area contributed by atoms with Gasteiger partial charge in [-0.2, -0.15) is 0 Å². The maximum Gasteiger partial charge on any atom is 0.0378 e. The topological polar surface area (TPSA) is 23.9 Å². The average Bonchev–Trinajstić information content (AvgIpc) is 2.65. The molecule has 68 valence electrons. The lowest BCUT2D eigenvalue weighted by molar-refractivity contribution is 0.520. The van der Waals surface area contributed by atoms with Gasteiger partial charge in [-0.05, 0) is 30.8 Å². The first-order valence-corrected chi connectivity index (χ1v) is 4.72. The van der Waals surface area contributed by atoms with E-state index in [0.717, 1.165) is 5.71 Å². The maximum absolute atomic E-state index is 7.95. The van der Waals surface area contributed by atoms with Gasteiger partial charge < -0.3 is 5.41 Å². The number of rotatable bonds is 2. The lowest BCUT2D eigenvalue weighted by atomic mass is 9.82. The molecule has 0 atom stereocenters. The minimum absolute atomic E-state index is 0.147. The molecule has 0 saturated heterocycles. The van der Waals surface area contributed by atoms with Gasteiger partial charge in [-0.25, -0.2) is 0 Å². The van der Waals surface area contributed by atoms with E-state index in [1.807, 2.05) is 6.92 Å². The second-order valence-corrected chi connectivity index (χ2v) is 4.64. The van der Waals surface area contributed by atoms with Crippen molar-refractivity contribution in [3.05, 3.63) is 11.6 Å². The third kappa shape index (κ3) is 1.96. The zero-order valence-corrected chi connectivity index (χ0v) is 8.57. The Labute approximate surface area is 75.4 Å². The van der Waals surface area contributed by atoms with Crippen molar-refractivity contribution >= 4 is 5.71 Å². The lowest BCUT2D eigenvalue weighted by Gasteiger charge is -2.23. The molecule has 1 nitrogen and oxygen atoms in total. The summed E-state index contributed by atoms with van der Waals surface area (Å²) in [6, 6.07) is 0. The molecule has 0 amide bonds. The molecular formula is C11H19N. The van der Waals surface area contributed by atoms with Crippen LogP contribution in [-0.2, 0) is 0 Å². The fourth-order valence-electron chi connectivity index (χ4n) is 1.58. The summed E-state index contributed by atoms with van der Waals surface area (Å²) in [5, 5.41) is 7.95. The molecule has 0 radical (unpaired) electrons. The zero-order valence-electron chi connectivity index (χ0n) is 8.57. The second kappa shape index (κ2) is 3.04. The van der Waals surface area contributed by atoms with Crippen LogP contribution in [0.3, 0.4) is 0 Å². The highest BCUT2D eigenvalue weighted by Crippen LogP contribution is 2.37. The Hall–Kier alpha value is -0.590. The number of hydrogen-bond donors (Lipinski definition) is 1. The molecule has 1 saturated carbocycles. The molecule has 0 aromatic rings. The SMILES string of the molecule is C/C=C(\C(=N)C1CC1)C(C)(C)C. The molecule has 0 aromatic heterocycles. The molecule has 1 fully saturated rings. The summed E-state index contributed by atoms with van der Waals surface area (Å²) < 4.78 is 0. The van der Waals surface area contributed by atoms with Crippen LogP contribution in [0.5, 0.6) is 0 Å². The van der Waals surface area contributed by atoms with Crippen LogP contribution in [0.4, 0.5) is 0 Å². The highest BCUT2D eigenvalue weighted by atomic mass is 14.5. The Morgan fingerprint density at radius 1 is 1.33 bits per heavy atom. The molecular weight excluding hydrogens is 146 g/mol. The molecule has 1 N–H and O–H groups in total. The van der Waals surface area contributed by atoms with Crippen LogP contribution in [0, 0.1) is 16.7 Å². The Morgan fingerprint density at radius 2 is 1.83 bits per heavy atom. The molecule has 0 spiro atoms. The lowest BCUT2D eigenvalue weighted by Crippen LogP contribution is -2.18. The number of allylic oxidation sites excluding steroid dienone is 2. The van der Waals surface area contributed by atoms with Crippen LogP contribution < -0.4 is 0 Å². The molecule has 1 rings (SSSR count). The normalized spacial score (nSPS) is 19.5. The van der Waals surface area contributed by atoms with Crippen LogP contribution in [0.25, 0.3) is 0 Å². The van der Waals surface area contributed by atoms with Crippen molar-refractivity contribution in [2.75, 3.05) is 0 Å². The zero-order chi connectivity index (χ0) is 9.35. The van der Waals surface area contributed by atoms with Gasteiger partial charge in [-0.15, -0.1) is 0 Å². The van der Waals surface area contributed by atoms with Gasteiger partial charge in [0.15, 0.2) is 0 Å². The smallest absolute Gasteiger partial charge is 0.0378 e. The van der Waals surface area contributed by atoms with Crippen molar-refractivity contribution in [2.45, 2.75) is 40.5 Å². The van der Waals surface area contributed by atoms with E-state index in [0.29, 0.717) is 5.92 Å². The monoisotopic (exact) mass is 165 g/mol. The van der Waals surface area contributed by atoms with Gasteiger partial charge in [0.1, 0.15) is 0 Å².